The molecule has 0 amide bonds. The van der Waals surface area contributed by atoms with Gasteiger partial charge in [-0.15, -0.1) is 0 Å². The Bertz CT molecular complexity index is 756. The summed E-state index contributed by atoms with van der Waals surface area (Å²) < 4.78 is 48.7. The van der Waals surface area contributed by atoms with E-state index in [0.29, 0.717) is 18.9 Å². The van der Waals surface area contributed by atoms with E-state index in [4.69, 9.17) is 4.52 Å². The van der Waals surface area contributed by atoms with E-state index >= 15 is 0 Å². The highest BCUT2D eigenvalue weighted by molar-refractivity contribution is 5.79. The van der Waals surface area contributed by atoms with Crippen LogP contribution in [0.1, 0.15) is 36.4 Å². The monoisotopic (exact) mass is 384 g/mol. The van der Waals surface area contributed by atoms with E-state index in [1.54, 1.807) is 7.05 Å². The second kappa shape index (κ2) is 9.84. The van der Waals surface area contributed by atoms with Crippen LogP contribution in [0.3, 0.4) is 0 Å². The van der Waals surface area contributed by atoms with Gasteiger partial charge in [-0.05, 0) is 18.6 Å². The highest BCUT2D eigenvalue weighted by Gasteiger charge is 2.16. The van der Waals surface area contributed by atoms with Crippen LogP contribution >= 0.6 is 0 Å². The van der Waals surface area contributed by atoms with Crippen molar-refractivity contribution in [1.82, 2.24) is 15.8 Å². The molecule has 0 fully saturated rings. The standard InChI is InChI=1S/C18H23F3N4O2/c1-4-14-12(15(5-2)27-25-14)10-24-18(22-3)23-9-11-13(19)7-6-8-16(11)26-17(20)21/h6-8,17H,4-5,9-10H2,1-3H3,(H2,22,23,24). The van der Waals surface area contributed by atoms with Gasteiger partial charge in [0.05, 0.1) is 5.69 Å². The maximum Gasteiger partial charge on any atom is 0.387 e. The summed E-state index contributed by atoms with van der Waals surface area (Å²) in [6, 6.07) is 3.79. The molecule has 2 aromatic rings. The van der Waals surface area contributed by atoms with Gasteiger partial charge in [0.25, 0.3) is 0 Å². The number of hydrogen-bond donors (Lipinski definition) is 2. The molecule has 0 saturated heterocycles. The summed E-state index contributed by atoms with van der Waals surface area (Å²) in [5.41, 5.74) is 1.81. The minimum absolute atomic E-state index is 0.00535. The maximum atomic E-state index is 14.0. The summed E-state index contributed by atoms with van der Waals surface area (Å²) in [7, 11) is 1.56. The number of aliphatic imine (C=N–C) groups is 1. The molecule has 0 spiro atoms. The lowest BCUT2D eigenvalue weighted by atomic mass is 10.1. The van der Waals surface area contributed by atoms with Crippen LogP contribution in [0.5, 0.6) is 5.75 Å². The largest absolute Gasteiger partial charge is 0.434 e. The molecule has 1 heterocycles. The first-order chi connectivity index (χ1) is 13.0. The predicted octanol–water partition coefficient (Wildman–Crippen LogP) is 3.41. The summed E-state index contributed by atoms with van der Waals surface area (Å²) in [5.74, 6) is 0.313. The van der Waals surface area contributed by atoms with Gasteiger partial charge in [-0.2, -0.15) is 8.78 Å². The van der Waals surface area contributed by atoms with Gasteiger partial charge in [-0.1, -0.05) is 25.1 Å². The van der Waals surface area contributed by atoms with E-state index in [1.807, 2.05) is 13.8 Å². The van der Waals surface area contributed by atoms with Crippen molar-refractivity contribution in [2.75, 3.05) is 7.05 Å². The highest BCUT2D eigenvalue weighted by Crippen LogP contribution is 2.23. The highest BCUT2D eigenvalue weighted by atomic mass is 19.3. The Hall–Kier alpha value is -2.71. The summed E-state index contributed by atoms with van der Waals surface area (Å²) in [6.07, 6.45) is 1.44. The molecule has 2 N–H and O–H groups in total. The first-order valence-corrected chi connectivity index (χ1v) is 8.63. The number of aromatic nitrogens is 1. The van der Waals surface area contributed by atoms with Crippen LogP contribution in [-0.4, -0.2) is 24.8 Å². The summed E-state index contributed by atoms with van der Waals surface area (Å²) in [4.78, 5) is 4.07. The molecular formula is C18H23F3N4O2. The fourth-order valence-corrected chi connectivity index (χ4v) is 2.62. The van der Waals surface area contributed by atoms with Crippen LogP contribution < -0.4 is 15.4 Å². The van der Waals surface area contributed by atoms with Crippen molar-refractivity contribution in [3.8, 4) is 5.75 Å². The van der Waals surface area contributed by atoms with Crippen LogP contribution in [0.25, 0.3) is 0 Å². The van der Waals surface area contributed by atoms with Gasteiger partial charge < -0.3 is 19.9 Å². The second-order valence-electron chi connectivity index (χ2n) is 5.61. The predicted molar refractivity (Wildman–Crippen MR) is 95.3 cm³/mol. The fourth-order valence-electron chi connectivity index (χ4n) is 2.62. The molecule has 0 aliphatic rings. The molecule has 1 aromatic carbocycles. The average molecular weight is 384 g/mol. The van der Waals surface area contributed by atoms with Gasteiger partial charge in [-0.3, -0.25) is 4.99 Å². The van der Waals surface area contributed by atoms with Crippen molar-refractivity contribution in [2.45, 2.75) is 46.4 Å². The van der Waals surface area contributed by atoms with Gasteiger partial charge in [-0.25, -0.2) is 4.39 Å². The minimum atomic E-state index is -3.03. The van der Waals surface area contributed by atoms with E-state index in [0.717, 1.165) is 23.4 Å². The van der Waals surface area contributed by atoms with Crippen molar-refractivity contribution in [3.05, 3.63) is 46.6 Å². The number of hydrogen-bond acceptors (Lipinski definition) is 4. The lowest BCUT2D eigenvalue weighted by Crippen LogP contribution is -2.37. The van der Waals surface area contributed by atoms with Gasteiger partial charge in [0, 0.05) is 37.7 Å². The Balaban J connectivity index is 2.04. The molecule has 9 heteroatoms. The zero-order valence-corrected chi connectivity index (χ0v) is 15.5. The van der Waals surface area contributed by atoms with Crippen molar-refractivity contribution in [3.63, 3.8) is 0 Å². The Labute approximate surface area is 155 Å². The molecule has 1 aromatic heterocycles. The van der Waals surface area contributed by atoms with Gasteiger partial charge in [0.2, 0.25) is 0 Å². The van der Waals surface area contributed by atoms with Crippen molar-refractivity contribution < 1.29 is 22.4 Å². The number of alkyl halides is 2. The third-order valence-electron chi connectivity index (χ3n) is 3.99. The number of rotatable bonds is 8. The molecule has 0 aliphatic heterocycles. The fraction of sp³-hybridized carbons (Fsp3) is 0.444. The number of nitrogens with one attached hydrogen (secondary N) is 2. The Morgan fingerprint density at radius 1 is 1.19 bits per heavy atom. The topological polar surface area (TPSA) is 71.7 Å². The van der Waals surface area contributed by atoms with Crippen LogP contribution in [0.4, 0.5) is 13.2 Å². The number of benzene rings is 1. The molecule has 0 unspecified atom stereocenters. The SMILES string of the molecule is CCc1noc(CC)c1CNC(=NC)NCc1c(F)cccc1OC(F)F. The van der Waals surface area contributed by atoms with Crippen LogP contribution in [-0.2, 0) is 25.9 Å². The lowest BCUT2D eigenvalue weighted by molar-refractivity contribution is -0.0506. The Kier molecular flexibility index (Phi) is 7.51. The van der Waals surface area contributed by atoms with Gasteiger partial charge in [0.15, 0.2) is 5.96 Å². The number of halogens is 3. The molecule has 148 valence electrons. The summed E-state index contributed by atoms with van der Waals surface area (Å²) in [5, 5.41) is 10.0. The first-order valence-electron chi connectivity index (χ1n) is 8.63. The minimum Gasteiger partial charge on any atom is -0.434 e. The van der Waals surface area contributed by atoms with Crippen molar-refractivity contribution in [1.29, 1.82) is 0 Å². The molecule has 0 saturated carbocycles. The van der Waals surface area contributed by atoms with Crippen LogP contribution in [0.2, 0.25) is 0 Å². The third kappa shape index (κ3) is 5.38. The van der Waals surface area contributed by atoms with Crippen molar-refractivity contribution >= 4 is 5.96 Å². The molecule has 0 atom stereocenters. The maximum absolute atomic E-state index is 14.0. The third-order valence-corrected chi connectivity index (χ3v) is 3.99. The number of ether oxygens (including phenoxy) is 1. The molecule has 0 bridgehead atoms. The normalized spacial score (nSPS) is 11.7. The average Bonchev–Trinajstić information content (AvgIpc) is 3.05. The van der Waals surface area contributed by atoms with E-state index in [-0.39, 0.29) is 17.9 Å². The van der Waals surface area contributed by atoms with E-state index in [1.165, 1.54) is 18.2 Å². The zero-order chi connectivity index (χ0) is 19.8. The smallest absolute Gasteiger partial charge is 0.387 e. The molecule has 2 rings (SSSR count). The van der Waals surface area contributed by atoms with E-state index in [9.17, 15) is 13.2 Å². The molecular weight excluding hydrogens is 361 g/mol. The number of aryl methyl sites for hydroxylation is 2. The number of nitrogens with zero attached hydrogens (tertiary/aromatic N) is 2. The Morgan fingerprint density at radius 3 is 2.48 bits per heavy atom. The quantitative estimate of drug-likeness (QED) is 0.539. The molecule has 0 aliphatic carbocycles. The first kappa shape index (κ1) is 20.6. The van der Waals surface area contributed by atoms with Crippen LogP contribution in [0.15, 0.2) is 27.7 Å². The second-order valence-corrected chi connectivity index (χ2v) is 5.61. The molecule has 0 radical (unpaired) electrons. The summed E-state index contributed by atoms with van der Waals surface area (Å²) in [6.45, 7) is 1.28. The molecule has 27 heavy (non-hydrogen) atoms. The van der Waals surface area contributed by atoms with E-state index in [2.05, 4.69) is 25.5 Å². The van der Waals surface area contributed by atoms with Crippen LogP contribution in [0, 0.1) is 5.82 Å². The van der Waals surface area contributed by atoms with Crippen molar-refractivity contribution in [2.24, 2.45) is 4.99 Å². The number of guanidine groups is 1. The van der Waals surface area contributed by atoms with Gasteiger partial charge in [0.1, 0.15) is 17.3 Å². The Morgan fingerprint density at radius 2 is 1.89 bits per heavy atom. The van der Waals surface area contributed by atoms with Gasteiger partial charge >= 0.3 is 6.61 Å². The van der Waals surface area contributed by atoms with E-state index < -0.39 is 12.4 Å². The zero-order valence-electron chi connectivity index (χ0n) is 15.5. The molecule has 6 nitrogen and oxygen atoms in total. The lowest BCUT2D eigenvalue weighted by Gasteiger charge is -2.15. The summed E-state index contributed by atoms with van der Waals surface area (Å²) >= 11 is 0.